The van der Waals surface area contributed by atoms with Crippen LogP contribution in [0.1, 0.15) is 20.8 Å². The molecule has 2 aromatic rings. The van der Waals surface area contributed by atoms with E-state index in [4.69, 9.17) is 25.8 Å². The number of anilines is 1. The number of aromatic nitrogens is 1. The Balaban J connectivity index is 1.98. The second-order valence-electron chi connectivity index (χ2n) is 6.54. The van der Waals surface area contributed by atoms with Gasteiger partial charge in [0.1, 0.15) is 24.0 Å². The molecule has 2 heterocycles. The van der Waals surface area contributed by atoms with Crippen LogP contribution in [-0.2, 0) is 4.74 Å². The number of benzene rings is 1. The molecule has 132 valence electrons. The average Bonchev–Trinajstić information content (AvgIpc) is 2.52. The van der Waals surface area contributed by atoms with Gasteiger partial charge in [0.25, 0.3) is 0 Å². The minimum atomic E-state index is -0.584. The van der Waals surface area contributed by atoms with E-state index in [-0.39, 0.29) is 0 Å². The van der Waals surface area contributed by atoms with Crippen molar-refractivity contribution in [1.82, 2.24) is 4.98 Å². The standard InChI is InChI=1S/C18H19ClN2O4/c1-18(2,3)25-17(22)21-12-9-13(11-4-5-20-15(19)8-11)16-14(10-12)23-6-7-24-16/h4-5,8-10H,6-7H2,1-3H3,(H,21,22). The largest absolute Gasteiger partial charge is 0.486 e. The SMILES string of the molecule is CC(C)(C)OC(=O)Nc1cc2c(c(-c3ccnc(Cl)c3)c1)OCCO2. The Kier molecular flexibility index (Phi) is 4.72. The van der Waals surface area contributed by atoms with Gasteiger partial charge in [-0.15, -0.1) is 0 Å². The van der Waals surface area contributed by atoms with Gasteiger partial charge in [0.05, 0.1) is 0 Å². The fourth-order valence-electron chi connectivity index (χ4n) is 2.43. The van der Waals surface area contributed by atoms with Gasteiger partial charge in [0.2, 0.25) is 0 Å². The predicted molar refractivity (Wildman–Crippen MR) is 95.5 cm³/mol. The molecule has 0 unspecified atom stereocenters. The van der Waals surface area contributed by atoms with E-state index in [9.17, 15) is 4.79 Å². The monoisotopic (exact) mass is 362 g/mol. The molecular formula is C18H19ClN2O4. The Morgan fingerprint density at radius 2 is 2.00 bits per heavy atom. The van der Waals surface area contributed by atoms with E-state index in [1.54, 1.807) is 45.2 Å². The lowest BCUT2D eigenvalue weighted by atomic mass is 10.0. The minimum absolute atomic E-state index is 0.369. The number of rotatable bonds is 2. The zero-order valence-corrected chi connectivity index (χ0v) is 15.0. The molecular weight excluding hydrogens is 344 g/mol. The number of hydrogen-bond acceptors (Lipinski definition) is 5. The van der Waals surface area contributed by atoms with E-state index < -0.39 is 11.7 Å². The Bertz CT molecular complexity index is 802. The lowest BCUT2D eigenvalue weighted by Crippen LogP contribution is -2.27. The van der Waals surface area contributed by atoms with E-state index in [0.29, 0.717) is 35.6 Å². The van der Waals surface area contributed by atoms with Gasteiger partial charge in [0, 0.05) is 23.5 Å². The molecule has 6 nitrogen and oxygen atoms in total. The van der Waals surface area contributed by atoms with E-state index >= 15 is 0 Å². The summed E-state index contributed by atoms with van der Waals surface area (Å²) in [5.74, 6) is 1.17. The number of halogens is 1. The highest BCUT2D eigenvalue weighted by molar-refractivity contribution is 6.29. The zero-order chi connectivity index (χ0) is 18.0. The van der Waals surface area contributed by atoms with Crippen molar-refractivity contribution >= 4 is 23.4 Å². The average molecular weight is 363 g/mol. The summed E-state index contributed by atoms with van der Waals surface area (Å²) in [5.41, 5.74) is 1.53. The van der Waals surface area contributed by atoms with Gasteiger partial charge in [-0.25, -0.2) is 9.78 Å². The fourth-order valence-corrected chi connectivity index (χ4v) is 2.61. The van der Waals surface area contributed by atoms with Crippen LogP contribution in [0.15, 0.2) is 30.5 Å². The van der Waals surface area contributed by atoms with Crippen molar-refractivity contribution in [3.8, 4) is 22.6 Å². The highest BCUT2D eigenvalue weighted by Gasteiger charge is 2.21. The van der Waals surface area contributed by atoms with Crippen molar-refractivity contribution < 1.29 is 19.0 Å². The Hall–Kier alpha value is -2.47. The molecule has 0 bridgehead atoms. The Morgan fingerprint density at radius 3 is 2.72 bits per heavy atom. The Labute approximate surface area is 151 Å². The lowest BCUT2D eigenvalue weighted by molar-refractivity contribution is 0.0636. The summed E-state index contributed by atoms with van der Waals surface area (Å²) in [4.78, 5) is 16.1. The first-order valence-electron chi connectivity index (χ1n) is 7.87. The van der Waals surface area contributed by atoms with Gasteiger partial charge < -0.3 is 14.2 Å². The topological polar surface area (TPSA) is 69.7 Å². The van der Waals surface area contributed by atoms with Crippen LogP contribution in [0.3, 0.4) is 0 Å². The summed E-state index contributed by atoms with van der Waals surface area (Å²) in [6.45, 7) is 6.32. The van der Waals surface area contributed by atoms with Gasteiger partial charge in [-0.3, -0.25) is 5.32 Å². The van der Waals surface area contributed by atoms with Crippen molar-refractivity contribution in [3.63, 3.8) is 0 Å². The van der Waals surface area contributed by atoms with Crippen molar-refractivity contribution in [2.24, 2.45) is 0 Å². The predicted octanol–water partition coefficient (Wildman–Crippen LogP) is 4.52. The second-order valence-corrected chi connectivity index (χ2v) is 6.93. The molecule has 1 amide bonds. The third-order valence-electron chi connectivity index (χ3n) is 3.33. The van der Waals surface area contributed by atoms with E-state index in [0.717, 1.165) is 11.1 Å². The number of carbonyl (C=O) groups is 1. The van der Waals surface area contributed by atoms with Crippen molar-refractivity contribution in [2.45, 2.75) is 26.4 Å². The minimum Gasteiger partial charge on any atom is -0.486 e. The molecule has 0 saturated carbocycles. The summed E-state index contributed by atoms with van der Waals surface area (Å²) in [6, 6.07) is 7.05. The molecule has 7 heteroatoms. The summed E-state index contributed by atoms with van der Waals surface area (Å²) in [5, 5.41) is 3.10. The molecule has 0 atom stereocenters. The molecule has 1 aliphatic rings. The van der Waals surface area contributed by atoms with Crippen LogP contribution in [0.5, 0.6) is 11.5 Å². The van der Waals surface area contributed by atoms with Gasteiger partial charge >= 0.3 is 6.09 Å². The van der Waals surface area contributed by atoms with Crippen LogP contribution < -0.4 is 14.8 Å². The second kappa shape index (κ2) is 6.80. The Morgan fingerprint density at radius 1 is 1.24 bits per heavy atom. The number of fused-ring (bicyclic) bond motifs is 1. The van der Waals surface area contributed by atoms with Crippen LogP contribution >= 0.6 is 11.6 Å². The molecule has 0 aliphatic carbocycles. The van der Waals surface area contributed by atoms with Gasteiger partial charge in [-0.05, 0) is 44.5 Å². The first-order chi connectivity index (χ1) is 11.8. The maximum atomic E-state index is 12.1. The van der Waals surface area contributed by atoms with Crippen molar-refractivity contribution in [3.05, 3.63) is 35.6 Å². The molecule has 1 aliphatic heterocycles. The summed E-state index contributed by atoms with van der Waals surface area (Å²) >= 11 is 6.00. The first-order valence-corrected chi connectivity index (χ1v) is 8.25. The molecule has 0 fully saturated rings. The number of hydrogen-bond donors (Lipinski definition) is 1. The summed E-state index contributed by atoms with van der Waals surface area (Å²) in [6.07, 6.45) is 1.07. The maximum Gasteiger partial charge on any atom is 0.412 e. The summed E-state index contributed by atoms with van der Waals surface area (Å²) < 4.78 is 16.7. The number of carbonyl (C=O) groups excluding carboxylic acids is 1. The highest BCUT2D eigenvalue weighted by atomic mass is 35.5. The molecule has 1 aromatic heterocycles. The number of ether oxygens (including phenoxy) is 3. The van der Waals surface area contributed by atoms with E-state index in [2.05, 4.69) is 10.3 Å². The number of nitrogens with zero attached hydrogens (tertiary/aromatic N) is 1. The zero-order valence-electron chi connectivity index (χ0n) is 14.3. The summed E-state index contributed by atoms with van der Waals surface area (Å²) in [7, 11) is 0. The maximum absolute atomic E-state index is 12.1. The van der Waals surface area contributed by atoms with E-state index in [1.807, 2.05) is 6.07 Å². The third-order valence-corrected chi connectivity index (χ3v) is 3.53. The molecule has 0 radical (unpaired) electrons. The molecule has 1 aromatic carbocycles. The van der Waals surface area contributed by atoms with Crippen LogP contribution in [0.4, 0.5) is 10.5 Å². The molecule has 0 saturated heterocycles. The number of pyridine rings is 1. The van der Waals surface area contributed by atoms with Gasteiger partial charge in [0.15, 0.2) is 11.5 Å². The van der Waals surface area contributed by atoms with Crippen LogP contribution in [0, 0.1) is 0 Å². The van der Waals surface area contributed by atoms with Crippen molar-refractivity contribution in [2.75, 3.05) is 18.5 Å². The lowest BCUT2D eigenvalue weighted by Gasteiger charge is -2.23. The highest BCUT2D eigenvalue weighted by Crippen LogP contribution is 2.42. The normalized spacial score (nSPS) is 13.3. The third kappa shape index (κ3) is 4.33. The van der Waals surface area contributed by atoms with Crippen LogP contribution in [-0.4, -0.2) is 29.9 Å². The van der Waals surface area contributed by atoms with E-state index in [1.165, 1.54) is 0 Å². The molecule has 25 heavy (non-hydrogen) atoms. The van der Waals surface area contributed by atoms with Crippen LogP contribution in [0.25, 0.3) is 11.1 Å². The number of nitrogens with one attached hydrogen (secondary N) is 1. The van der Waals surface area contributed by atoms with Crippen molar-refractivity contribution in [1.29, 1.82) is 0 Å². The van der Waals surface area contributed by atoms with Crippen LogP contribution in [0.2, 0.25) is 5.15 Å². The quantitative estimate of drug-likeness (QED) is 0.795. The van der Waals surface area contributed by atoms with Gasteiger partial charge in [-0.2, -0.15) is 0 Å². The molecule has 0 spiro atoms. The first kappa shape index (κ1) is 17.4. The smallest absolute Gasteiger partial charge is 0.412 e. The molecule has 1 N–H and O–H groups in total. The molecule has 3 rings (SSSR count). The van der Waals surface area contributed by atoms with Gasteiger partial charge in [-0.1, -0.05) is 11.6 Å². The fraction of sp³-hybridized carbons (Fsp3) is 0.333. The number of amides is 1.